The molecule has 1 saturated heterocycles. The van der Waals surface area contributed by atoms with Crippen LogP contribution in [0.3, 0.4) is 0 Å². The van der Waals surface area contributed by atoms with Crippen molar-refractivity contribution in [3.05, 3.63) is 23.8 Å². The van der Waals surface area contributed by atoms with Gasteiger partial charge in [0.25, 0.3) is 23.6 Å². The van der Waals surface area contributed by atoms with Gasteiger partial charge in [-0.15, -0.1) is 0 Å². The van der Waals surface area contributed by atoms with E-state index in [4.69, 9.17) is 15.2 Å². The maximum Gasteiger partial charge on any atom is 0.277 e. The minimum absolute atomic E-state index is 0.0113. The zero-order valence-corrected chi connectivity index (χ0v) is 20.2. The van der Waals surface area contributed by atoms with Crippen molar-refractivity contribution in [3.8, 4) is 11.8 Å². The zero-order chi connectivity index (χ0) is 24.8. The number of piperazine rings is 1. The van der Waals surface area contributed by atoms with Crippen LogP contribution in [0.25, 0.3) is 0 Å². The summed E-state index contributed by atoms with van der Waals surface area (Å²) < 4.78 is 11.3. The van der Waals surface area contributed by atoms with Gasteiger partial charge in [-0.05, 0) is 26.8 Å². The van der Waals surface area contributed by atoms with Crippen molar-refractivity contribution >= 4 is 23.5 Å². The fraction of sp³-hybridized carbons (Fsp3) is 0.545. The molecule has 3 heterocycles. The Balaban J connectivity index is 1.80. The third-order valence-electron chi connectivity index (χ3n) is 4.88. The number of carbonyl (C=O) groups is 2. The Bertz CT molecular complexity index is 1020. The summed E-state index contributed by atoms with van der Waals surface area (Å²) in [5, 5.41) is 2.63. The van der Waals surface area contributed by atoms with Gasteiger partial charge >= 0.3 is 0 Å². The number of aromatic nitrogens is 4. The molecule has 3 rings (SSSR count). The second-order valence-electron chi connectivity index (χ2n) is 8.78. The zero-order valence-electron chi connectivity index (χ0n) is 20.2. The topological polar surface area (TPSA) is 149 Å². The van der Waals surface area contributed by atoms with E-state index in [0.717, 1.165) is 13.1 Å². The van der Waals surface area contributed by atoms with Crippen molar-refractivity contribution in [2.45, 2.75) is 33.8 Å². The highest BCUT2D eigenvalue weighted by atomic mass is 16.5. The van der Waals surface area contributed by atoms with Gasteiger partial charge in [-0.1, -0.05) is 13.8 Å². The number of amides is 2. The molecule has 12 heteroatoms. The highest BCUT2D eigenvalue weighted by Crippen LogP contribution is 2.23. The van der Waals surface area contributed by atoms with Crippen molar-refractivity contribution in [2.75, 3.05) is 50.9 Å². The average Bonchev–Trinajstić information content (AvgIpc) is 2.79. The van der Waals surface area contributed by atoms with E-state index in [9.17, 15) is 9.59 Å². The molecule has 0 bridgehead atoms. The normalized spacial score (nSPS) is 14.4. The highest BCUT2D eigenvalue weighted by Gasteiger charge is 2.24. The largest absolute Gasteiger partial charge is 0.475 e. The molecule has 1 aliphatic rings. The molecular formula is C22H32N8O4. The molecule has 0 aliphatic carbocycles. The first-order valence-electron chi connectivity index (χ1n) is 11.2. The number of likely N-dealkylation sites (N-methyl/N-ethyl adjacent to an activating group) is 1. The lowest BCUT2D eigenvalue weighted by Crippen LogP contribution is -2.47. The van der Waals surface area contributed by atoms with E-state index < -0.39 is 5.91 Å². The molecule has 3 N–H and O–H groups in total. The standard InChI is InChI=1S/C22H32N8O4/c1-13(2)12-33-20-17(23)24-10-15(26-20)19(31)28-18-21(34-14(3)4)27-16(11-25-18)22(32)30-8-6-29(5)7-9-30/h10-11,13-14H,6-9,12H2,1-5H3,(H2,23,24)(H,25,28,31). The van der Waals surface area contributed by atoms with Crippen LogP contribution in [0.15, 0.2) is 12.4 Å². The molecule has 2 aromatic heterocycles. The molecule has 34 heavy (non-hydrogen) atoms. The summed E-state index contributed by atoms with van der Waals surface area (Å²) in [6.07, 6.45) is 2.32. The quantitative estimate of drug-likeness (QED) is 0.576. The minimum atomic E-state index is -0.594. The highest BCUT2D eigenvalue weighted by molar-refractivity contribution is 6.03. The first-order valence-corrected chi connectivity index (χ1v) is 11.2. The van der Waals surface area contributed by atoms with Crippen molar-refractivity contribution in [1.29, 1.82) is 0 Å². The van der Waals surface area contributed by atoms with Crippen LogP contribution >= 0.6 is 0 Å². The molecule has 1 fully saturated rings. The number of rotatable bonds is 8. The van der Waals surface area contributed by atoms with Crippen LogP contribution in [-0.4, -0.2) is 87.5 Å². The summed E-state index contributed by atoms with van der Waals surface area (Å²) >= 11 is 0. The van der Waals surface area contributed by atoms with Gasteiger partial charge in [0.05, 0.1) is 25.1 Å². The monoisotopic (exact) mass is 472 g/mol. The van der Waals surface area contributed by atoms with Gasteiger partial charge in [0.1, 0.15) is 0 Å². The number of anilines is 2. The number of ether oxygens (including phenoxy) is 2. The van der Waals surface area contributed by atoms with Crippen LogP contribution in [0, 0.1) is 5.92 Å². The Labute approximate surface area is 198 Å². The molecule has 0 aromatic carbocycles. The van der Waals surface area contributed by atoms with E-state index in [1.807, 2.05) is 34.7 Å². The summed E-state index contributed by atoms with van der Waals surface area (Å²) in [4.78, 5) is 46.4. The molecule has 2 amide bonds. The van der Waals surface area contributed by atoms with Crippen LogP contribution in [-0.2, 0) is 0 Å². The summed E-state index contributed by atoms with van der Waals surface area (Å²) in [6.45, 7) is 10.7. The number of nitrogens with one attached hydrogen (secondary N) is 1. The summed E-state index contributed by atoms with van der Waals surface area (Å²) in [7, 11) is 2.01. The fourth-order valence-electron chi connectivity index (χ4n) is 3.05. The van der Waals surface area contributed by atoms with Crippen molar-refractivity contribution in [1.82, 2.24) is 29.7 Å². The SMILES string of the molecule is CC(C)COc1nc(C(=O)Nc2ncc(C(=O)N3CCN(C)CC3)nc2OC(C)C)cnc1N. The van der Waals surface area contributed by atoms with Gasteiger partial charge in [0.15, 0.2) is 23.0 Å². The average molecular weight is 473 g/mol. The predicted molar refractivity (Wildman–Crippen MR) is 126 cm³/mol. The third kappa shape index (κ3) is 6.50. The van der Waals surface area contributed by atoms with Crippen LogP contribution in [0.1, 0.15) is 48.7 Å². The van der Waals surface area contributed by atoms with Gasteiger partial charge in [-0.3, -0.25) is 9.59 Å². The van der Waals surface area contributed by atoms with Crippen LogP contribution in [0.4, 0.5) is 11.6 Å². The molecule has 1 aliphatic heterocycles. The lowest BCUT2D eigenvalue weighted by molar-refractivity contribution is 0.0656. The summed E-state index contributed by atoms with van der Waals surface area (Å²) in [5.41, 5.74) is 5.95. The molecule has 0 unspecified atom stereocenters. The second kappa shape index (κ2) is 11.1. The number of nitrogens with two attached hydrogens (primary N) is 1. The smallest absolute Gasteiger partial charge is 0.277 e. The molecule has 0 spiro atoms. The third-order valence-corrected chi connectivity index (χ3v) is 4.88. The maximum absolute atomic E-state index is 12.9. The van der Waals surface area contributed by atoms with Crippen molar-refractivity contribution < 1.29 is 19.1 Å². The summed E-state index contributed by atoms with van der Waals surface area (Å²) in [5.74, 6) is -0.296. The van der Waals surface area contributed by atoms with E-state index in [1.54, 1.807) is 4.90 Å². The Hall–Kier alpha value is -3.54. The first-order chi connectivity index (χ1) is 16.1. The Kier molecular flexibility index (Phi) is 8.16. The first kappa shape index (κ1) is 25.1. The van der Waals surface area contributed by atoms with Crippen LogP contribution in [0.5, 0.6) is 11.8 Å². The van der Waals surface area contributed by atoms with Gasteiger partial charge in [0, 0.05) is 26.2 Å². The molecule has 2 aromatic rings. The lowest BCUT2D eigenvalue weighted by Gasteiger charge is -2.32. The van der Waals surface area contributed by atoms with Gasteiger partial charge in [-0.25, -0.2) is 19.9 Å². The Morgan fingerprint density at radius 1 is 1.03 bits per heavy atom. The van der Waals surface area contributed by atoms with E-state index in [0.29, 0.717) is 19.7 Å². The van der Waals surface area contributed by atoms with Crippen LogP contribution in [0.2, 0.25) is 0 Å². The predicted octanol–water partition coefficient (Wildman–Crippen LogP) is 1.31. The van der Waals surface area contributed by atoms with E-state index in [1.165, 1.54) is 12.4 Å². The maximum atomic E-state index is 12.9. The van der Waals surface area contributed by atoms with Gasteiger partial charge in [-0.2, -0.15) is 0 Å². The van der Waals surface area contributed by atoms with Gasteiger partial charge in [0.2, 0.25) is 0 Å². The van der Waals surface area contributed by atoms with Gasteiger partial charge < -0.3 is 30.3 Å². The summed E-state index contributed by atoms with van der Waals surface area (Å²) in [6, 6.07) is 0. The number of hydrogen-bond donors (Lipinski definition) is 2. The number of carbonyl (C=O) groups excluding carboxylic acids is 2. The van der Waals surface area contributed by atoms with E-state index >= 15 is 0 Å². The molecular weight excluding hydrogens is 440 g/mol. The fourth-order valence-corrected chi connectivity index (χ4v) is 3.05. The van der Waals surface area contributed by atoms with Crippen molar-refractivity contribution in [2.24, 2.45) is 5.92 Å². The molecule has 0 radical (unpaired) electrons. The van der Waals surface area contributed by atoms with E-state index in [-0.39, 0.29) is 52.7 Å². The molecule has 184 valence electrons. The van der Waals surface area contributed by atoms with Crippen LogP contribution < -0.4 is 20.5 Å². The number of hydrogen-bond acceptors (Lipinski definition) is 10. The second-order valence-corrected chi connectivity index (χ2v) is 8.78. The molecule has 0 atom stereocenters. The number of nitrogens with zero attached hydrogens (tertiary/aromatic N) is 6. The Morgan fingerprint density at radius 2 is 1.68 bits per heavy atom. The Morgan fingerprint density at radius 3 is 2.32 bits per heavy atom. The van der Waals surface area contributed by atoms with E-state index in [2.05, 4.69) is 30.2 Å². The molecule has 0 saturated carbocycles. The molecule has 12 nitrogen and oxygen atoms in total. The number of nitrogen functional groups attached to an aromatic ring is 1. The van der Waals surface area contributed by atoms with Crippen molar-refractivity contribution in [3.63, 3.8) is 0 Å². The lowest BCUT2D eigenvalue weighted by atomic mass is 10.2. The minimum Gasteiger partial charge on any atom is -0.475 e.